The summed E-state index contributed by atoms with van der Waals surface area (Å²) < 4.78 is 1.83. The Morgan fingerprint density at radius 1 is 1.30 bits per heavy atom. The molecule has 0 aliphatic carbocycles. The van der Waals surface area contributed by atoms with Crippen molar-refractivity contribution in [1.82, 2.24) is 15.0 Å². The zero-order valence-electron chi connectivity index (χ0n) is 11.0. The van der Waals surface area contributed by atoms with Crippen LogP contribution in [0.25, 0.3) is 5.52 Å². The van der Waals surface area contributed by atoms with Crippen LogP contribution < -0.4 is 10.6 Å². The number of aromatic nitrogens is 1. The third-order valence-electron chi connectivity index (χ3n) is 4.48. The Labute approximate surface area is 122 Å². The number of halogens is 1. The van der Waals surface area contributed by atoms with Gasteiger partial charge in [-0.2, -0.15) is 0 Å². The number of amides is 1. The van der Waals surface area contributed by atoms with Crippen LogP contribution >= 0.6 is 11.6 Å². The van der Waals surface area contributed by atoms with Crippen molar-refractivity contribution in [3.8, 4) is 0 Å². The molecular formula is C15H16ClN3O. The summed E-state index contributed by atoms with van der Waals surface area (Å²) in [5.74, 6) is -0.0176. The average Bonchev–Trinajstić information content (AvgIpc) is 3.15. The van der Waals surface area contributed by atoms with Crippen molar-refractivity contribution in [2.24, 2.45) is 0 Å². The number of fused-ring (bicyclic) bond motifs is 3. The minimum absolute atomic E-state index is 0.0176. The van der Waals surface area contributed by atoms with Crippen LogP contribution in [0.3, 0.4) is 0 Å². The minimum Gasteiger partial charge on any atom is -0.348 e. The first-order valence-electron chi connectivity index (χ1n) is 7.04. The van der Waals surface area contributed by atoms with Crippen LogP contribution in [0.15, 0.2) is 30.5 Å². The highest BCUT2D eigenvalue weighted by Gasteiger charge is 2.39. The second kappa shape index (κ2) is 4.50. The number of rotatable bonds is 2. The van der Waals surface area contributed by atoms with E-state index in [0.717, 1.165) is 18.4 Å². The van der Waals surface area contributed by atoms with Gasteiger partial charge in [0.15, 0.2) is 0 Å². The fraction of sp³-hybridized carbons (Fsp3) is 0.400. The largest absolute Gasteiger partial charge is 0.348 e. The smallest absolute Gasteiger partial charge is 0.253 e. The maximum Gasteiger partial charge on any atom is 0.253 e. The molecule has 3 atom stereocenters. The molecule has 0 saturated carbocycles. The molecular weight excluding hydrogens is 274 g/mol. The summed E-state index contributed by atoms with van der Waals surface area (Å²) in [6, 6.07) is 8.83. The molecule has 2 bridgehead atoms. The minimum atomic E-state index is -0.0176. The monoisotopic (exact) mass is 289 g/mol. The van der Waals surface area contributed by atoms with E-state index in [0.29, 0.717) is 22.8 Å². The van der Waals surface area contributed by atoms with Gasteiger partial charge in [-0.25, -0.2) is 0 Å². The van der Waals surface area contributed by atoms with Gasteiger partial charge in [-0.1, -0.05) is 11.6 Å². The Balaban J connectivity index is 1.56. The summed E-state index contributed by atoms with van der Waals surface area (Å²) in [6.07, 6.45) is 5.25. The Bertz CT molecular complexity index is 681. The van der Waals surface area contributed by atoms with Crippen molar-refractivity contribution in [1.29, 1.82) is 0 Å². The number of nitrogens with zero attached hydrogens (tertiary/aromatic N) is 1. The molecule has 2 aromatic heterocycles. The maximum atomic E-state index is 12.4. The van der Waals surface area contributed by atoms with Gasteiger partial charge in [0.05, 0.1) is 5.56 Å². The molecule has 0 aromatic carbocycles. The van der Waals surface area contributed by atoms with Crippen molar-refractivity contribution >= 4 is 23.0 Å². The highest BCUT2D eigenvalue weighted by molar-refractivity contribution is 6.30. The van der Waals surface area contributed by atoms with Gasteiger partial charge in [-0.15, -0.1) is 0 Å². The van der Waals surface area contributed by atoms with Crippen LogP contribution in [-0.2, 0) is 0 Å². The highest BCUT2D eigenvalue weighted by Crippen LogP contribution is 2.28. The summed E-state index contributed by atoms with van der Waals surface area (Å²) in [5, 5.41) is 7.29. The fourth-order valence-corrected chi connectivity index (χ4v) is 3.65. The number of pyridine rings is 1. The second-order valence-corrected chi connectivity index (χ2v) is 6.12. The molecule has 5 heteroatoms. The first kappa shape index (κ1) is 12.2. The standard InChI is InChI=1S/C15H16ClN3O/c16-14-6-4-11-3-1-9(8-19(11)14)15(20)18-13-7-10-2-5-12(13)17-10/h1,3-4,6,8,10,12-13,17H,2,5,7H2,(H,18,20). The van der Waals surface area contributed by atoms with Crippen LogP contribution in [0.4, 0.5) is 0 Å². The van der Waals surface area contributed by atoms with E-state index in [-0.39, 0.29) is 11.9 Å². The number of hydrogen-bond acceptors (Lipinski definition) is 2. The summed E-state index contributed by atoms with van der Waals surface area (Å²) in [6.45, 7) is 0. The molecule has 0 radical (unpaired) electrons. The van der Waals surface area contributed by atoms with E-state index < -0.39 is 0 Å². The summed E-state index contributed by atoms with van der Waals surface area (Å²) >= 11 is 6.09. The van der Waals surface area contributed by atoms with E-state index >= 15 is 0 Å². The lowest BCUT2D eigenvalue weighted by atomic mass is 9.95. The third-order valence-corrected chi connectivity index (χ3v) is 4.79. The van der Waals surface area contributed by atoms with Gasteiger partial charge >= 0.3 is 0 Å². The van der Waals surface area contributed by atoms with Gasteiger partial charge in [0.2, 0.25) is 0 Å². The van der Waals surface area contributed by atoms with E-state index in [1.807, 2.05) is 28.7 Å². The van der Waals surface area contributed by atoms with Crippen molar-refractivity contribution in [2.45, 2.75) is 37.4 Å². The van der Waals surface area contributed by atoms with Crippen molar-refractivity contribution in [2.75, 3.05) is 0 Å². The van der Waals surface area contributed by atoms with Gasteiger partial charge in [0.1, 0.15) is 5.15 Å². The lowest BCUT2D eigenvalue weighted by Crippen LogP contribution is -2.42. The lowest BCUT2D eigenvalue weighted by Gasteiger charge is -2.21. The normalized spacial score (nSPS) is 28.1. The van der Waals surface area contributed by atoms with E-state index in [9.17, 15) is 4.79 Å². The quantitative estimate of drug-likeness (QED) is 0.890. The number of carbonyl (C=O) groups is 1. The molecule has 4 rings (SSSR count). The van der Waals surface area contributed by atoms with Crippen LogP contribution in [-0.4, -0.2) is 28.4 Å². The second-order valence-electron chi connectivity index (χ2n) is 5.73. The number of hydrogen-bond donors (Lipinski definition) is 2. The molecule has 20 heavy (non-hydrogen) atoms. The first-order valence-corrected chi connectivity index (χ1v) is 7.42. The summed E-state index contributed by atoms with van der Waals surface area (Å²) in [5.41, 5.74) is 1.64. The molecule has 2 saturated heterocycles. The van der Waals surface area contributed by atoms with E-state index in [2.05, 4.69) is 10.6 Å². The molecule has 2 N–H and O–H groups in total. The van der Waals surface area contributed by atoms with Gasteiger partial charge < -0.3 is 15.0 Å². The SMILES string of the molecule is O=C(NC1CC2CCC1N2)c1ccc2ccc(Cl)n2c1. The molecule has 1 amide bonds. The highest BCUT2D eigenvalue weighted by atomic mass is 35.5. The van der Waals surface area contributed by atoms with Gasteiger partial charge in [0.25, 0.3) is 5.91 Å². The molecule has 104 valence electrons. The maximum absolute atomic E-state index is 12.4. The van der Waals surface area contributed by atoms with Crippen LogP contribution in [0.2, 0.25) is 5.15 Å². The van der Waals surface area contributed by atoms with Crippen molar-refractivity contribution in [3.63, 3.8) is 0 Å². The average molecular weight is 290 g/mol. The van der Waals surface area contributed by atoms with E-state index in [4.69, 9.17) is 11.6 Å². The van der Waals surface area contributed by atoms with Crippen LogP contribution in [0.1, 0.15) is 29.6 Å². The Morgan fingerprint density at radius 3 is 2.90 bits per heavy atom. The molecule has 2 fully saturated rings. The summed E-state index contributed by atoms with van der Waals surface area (Å²) in [7, 11) is 0. The molecule has 0 spiro atoms. The van der Waals surface area contributed by atoms with Gasteiger partial charge in [-0.3, -0.25) is 4.79 Å². The van der Waals surface area contributed by atoms with Crippen molar-refractivity contribution < 1.29 is 4.79 Å². The summed E-state index contributed by atoms with van der Waals surface area (Å²) in [4.78, 5) is 12.4. The fourth-order valence-electron chi connectivity index (χ4n) is 3.44. The van der Waals surface area contributed by atoms with Crippen molar-refractivity contribution in [3.05, 3.63) is 41.2 Å². The van der Waals surface area contributed by atoms with E-state index in [1.54, 1.807) is 6.20 Å². The molecule has 2 aliphatic rings. The zero-order valence-corrected chi connectivity index (χ0v) is 11.7. The van der Waals surface area contributed by atoms with E-state index in [1.165, 1.54) is 6.42 Å². The zero-order chi connectivity index (χ0) is 13.7. The number of nitrogens with one attached hydrogen (secondary N) is 2. The van der Waals surface area contributed by atoms with Gasteiger partial charge in [-0.05, 0) is 43.5 Å². The molecule has 2 aliphatic heterocycles. The topological polar surface area (TPSA) is 45.5 Å². The molecule has 2 aromatic rings. The molecule has 4 heterocycles. The van der Waals surface area contributed by atoms with Crippen LogP contribution in [0.5, 0.6) is 0 Å². The third kappa shape index (κ3) is 1.91. The van der Waals surface area contributed by atoms with Gasteiger partial charge in [0, 0.05) is 29.8 Å². The Hall–Kier alpha value is -1.52. The predicted molar refractivity (Wildman–Crippen MR) is 78.2 cm³/mol. The predicted octanol–water partition coefficient (Wildman–Crippen LogP) is 2.22. The Kier molecular flexibility index (Phi) is 2.75. The van der Waals surface area contributed by atoms with Crippen LogP contribution in [0, 0.1) is 0 Å². The lowest BCUT2D eigenvalue weighted by molar-refractivity contribution is 0.0930. The molecule has 3 unspecified atom stereocenters. The number of carbonyl (C=O) groups excluding carboxylic acids is 1. The molecule has 4 nitrogen and oxygen atoms in total. The Morgan fingerprint density at radius 2 is 2.15 bits per heavy atom. The first-order chi connectivity index (χ1) is 9.70.